The van der Waals surface area contributed by atoms with Crippen molar-refractivity contribution in [1.29, 1.82) is 0 Å². The van der Waals surface area contributed by atoms with Crippen molar-refractivity contribution in [2.24, 2.45) is 5.41 Å². The smallest absolute Gasteiger partial charge is 0.249 e. The van der Waals surface area contributed by atoms with Gasteiger partial charge in [0, 0.05) is 36.2 Å². The maximum absolute atomic E-state index is 11.9. The Labute approximate surface area is 157 Å². The van der Waals surface area contributed by atoms with Gasteiger partial charge in [-0.2, -0.15) is 0 Å². The van der Waals surface area contributed by atoms with Crippen LogP contribution in [-0.2, 0) is 9.59 Å². The van der Waals surface area contributed by atoms with Gasteiger partial charge in [0.1, 0.15) is 6.10 Å². The number of carbonyl (C=O) groups excluding carboxylic acids is 3. The highest BCUT2D eigenvalue weighted by Gasteiger charge is 2.32. The molecular weight excluding hydrogens is 356 g/mol. The van der Waals surface area contributed by atoms with E-state index < -0.39 is 17.4 Å². The fourth-order valence-corrected chi connectivity index (χ4v) is 2.61. The largest absolute Gasteiger partial charge is 0.396 e. The van der Waals surface area contributed by atoms with E-state index in [0.29, 0.717) is 17.9 Å². The van der Waals surface area contributed by atoms with E-state index in [9.17, 15) is 19.5 Å². The summed E-state index contributed by atoms with van der Waals surface area (Å²) < 4.78 is 0. The number of hydrogen-bond donors (Lipinski definition) is 4. The van der Waals surface area contributed by atoms with Gasteiger partial charge in [-0.15, -0.1) is 0 Å². The lowest BCUT2D eigenvalue weighted by molar-refractivity contribution is -0.137. The Morgan fingerprint density at radius 1 is 1.12 bits per heavy atom. The molecule has 0 fully saturated rings. The van der Waals surface area contributed by atoms with Crippen LogP contribution in [0.25, 0.3) is 0 Å². The first-order chi connectivity index (χ1) is 12.3. The van der Waals surface area contributed by atoms with Gasteiger partial charge >= 0.3 is 0 Å². The van der Waals surface area contributed by atoms with E-state index in [2.05, 4.69) is 10.6 Å². The number of aliphatic hydroxyl groups excluding tert-OH is 2. The van der Waals surface area contributed by atoms with E-state index in [-0.39, 0.29) is 30.6 Å². The van der Waals surface area contributed by atoms with Crippen molar-refractivity contribution in [2.75, 3.05) is 25.4 Å². The van der Waals surface area contributed by atoms with Gasteiger partial charge in [0.05, 0.1) is 6.61 Å². The van der Waals surface area contributed by atoms with Gasteiger partial charge in [0.25, 0.3) is 0 Å². The number of amides is 2. The summed E-state index contributed by atoms with van der Waals surface area (Å²) in [5.74, 6) is -0.426. The summed E-state index contributed by atoms with van der Waals surface area (Å²) in [6.07, 6.45) is -1.29. The molecule has 144 valence electrons. The second kappa shape index (κ2) is 10.9. The number of carbonyl (C=O) groups is 3. The lowest BCUT2D eigenvalue weighted by atomic mass is 9.87. The van der Waals surface area contributed by atoms with Crippen molar-refractivity contribution < 1.29 is 24.6 Å². The Morgan fingerprint density at radius 3 is 2.38 bits per heavy atom. The monoisotopic (exact) mass is 382 g/mol. The Bertz CT molecular complexity index is 607. The number of benzene rings is 1. The minimum Gasteiger partial charge on any atom is -0.396 e. The van der Waals surface area contributed by atoms with Crippen molar-refractivity contribution in [1.82, 2.24) is 10.6 Å². The molecule has 1 aromatic rings. The summed E-state index contributed by atoms with van der Waals surface area (Å²) in [5.41, 5.74) is -0.328. The van der Waals surface area contributed by atoms with Crippen molar-refractivity contribution >= 4 is 28.7 Å². The number of nitrogens with one attached hydrogen (secondary N) is 2. The van der Waals surface area contributed by atoms with Crippen LogP contribution in [0.1, 0.15) is 30.6 Å². The Morgan fingerprint density at radius 2 is 1.77 bits per heavy atom. The third-order valence-electron chi connectivity index (χ3n) is 3.71. The van der Waals surface area contributed by atoms with Crippen LogP contribution in [0.3, 0.4) is 0 Å². The lowest BCUT2D eigenvalue weighted by Crippen LogP contribution is -2.46. The van der Waals surface area contributed by atoms with E-state index in [0.717, 1.165) is 11.8 Å². The summed E-state index contributed by atoms with van der Waals surface area (Å²) in [6, 6.07) is 8.90. The summed E-state index contributed by atoms with van der Waals surface area (Å²) >= 11 is 1.13. The lowest BCUT2D eigenvalue weighted by Gasteiger charge is -2.27. The zero-order valence-corrected chi connectivity index (χ0v) is 15.8. The van der Waals surface area contributed by atoms with Crippen LogP contribution in [0.5, 0.6) is 0 Å². The van der Waals surface area contributed by atoms with Crippen molar-refractivity contribution in [3.8, 4) is 0 Å². The van der Waals surface area contributed by atoms with Crippen LogP contribution < -0.4 is 10.6 Å². The molecule has 1 rings (SSSR count). The molecule has 4 N–H and O–H groups in total. The van der Waals surface area contributed by atoms with Gasteiger partial charge in [0.15, 0.2) is 0 Å². The van der Waals surface area contributed by atoms with E-state index in [4.69, 9.17) is 5.11 Å². The molecule has 0 unspecified atom stereocenters. The number of aliphatic hydroxyl groups is 2. The Kier molecular flexibility index (Phi) is 9.32. The third-order valence-corrected chi connectivity index (χ3v) is 4.62. The minimum atomic E-state index is -1.35. The molecule has 0 aliphatic carbocycles. The predicted molar refractivity (Wildman–Crippen MR) is 101 cm³/mol. The van der Waals surface area contributed by atoms with Crippen LogP contribution in [0.2, 0.25) is 0 Å². The molecule has 0 aromatic heterocycles. The highest BCUT2D eigenvalue weighted by Crippen LogP contribution is 2.19. The third kappa shape index (κ3) is 7.55. The Balaban J connectivity index is 2.17. The summed E-state index contributed by atoms with van der Waals surface area (Å²) in [5, 5.41) is 24.0. The van der Waals surface area contributed by atoms with E-state index in [1.165, 1.54) is 0 Å². The minimum absolute atomic E-state index is 0.0485. The summed E-state index contributed by atoms with van der Waals surface area (Å²) in [7, 11) is 0. The first-order valence-corrected chi connectivity index (χ1v) is 9.32. The fraction of sp³-hybridized carbons (Fsp3) is 0.500. The molecule has 26 heavy (non-hydrogen) atoms. The molecule has 0 aliphatic heterocycles. The number of hydrogen-bond acceptors (Lipinski definition) is 6. The summed E-state index contributed by atoms with van der Waals surface area (Å²) in [4.78, 5) is 35.3. The average Bonchev–Trinajstić information content (AvgIpc) is 2.64. The zero-order valence-electron chi connectivity index (χ0n) is 15.0. The molecule has 1 aromatic carbocycles. The topological polar surface area (TPSA) is 116 Å². The van der Waals surface area contributed by atoms with Gasteiger partial charge < -0.3 is 20.8 Å². The van der Waals surface area contributed by atoms with Gasteiger partial charge in [-0.1, -0.05) is 55.9 Å². The normalized spacial score (nSPS) is 12.3. The van der Waals surface area contributed by atoms with Crippen LogP contribution in [0.4, 0.5) is 0 Å². The molecule has 0 bridgehead atoms. The number of thioether (sulfide) groups is 1. The van der Waals surface area contributed by atoms with Crippen LogP contribution in [0, 0.1) is 5.41 Å². The maximum atomic E-state index is 11.9. The van der Waals surface area contributed by atoms with Gasteiger partial charge in [-0.25, -0.2) is 0 Å². The first-order valence-electron chi connectivity index (χ1n) is 8.33. The molecule has 2 amide bonds. The molecule has 0 radical (unpaired) electrons. The van der Waals surface area contributed by atoms with E-state index >= 15 is 0 Å². The second-order valence-electron chi connectivity index (χ2n) is 6.44. The predicted octanol–water partition coefficient (Wildman–Crippen LogP) is 0.562. The maximum Gasteiger partial charge on any atom is 0.249 e. The quantitative estimate of drug-likeness (QED) is 0.440. The van der Waals surface area contributed by atoms with Crippen LogP contribution >= 0.6 is 11.8 Å². The molecule has 0 aliphatic rings. The van der Waals surface area contributed by atoms with Crippen molar-refractivity contribution in [3.63, 3.8) is 0 Å². The molecule has 0 saturated heterocycles. The molecule has 0 spiro atoms. The van der Waals surface area contributed by atoms with Gasteiger partial charge in [0.2, 0.25) is 16.9 Å². The standard InChI is InChI=1S/C18H26N2O5S/c1-18(2,12-21)15(23)16(24)20-9-8-14(22)19-10-11-26-17(25)13-6-4-3-5-7-13/h3-7,15,21,23H,8-12H2,1-2H3,(H,19,22)(H,20,24)/t15-/m0/s1. The molecule has 0 saturated carbocycles. The van der Waals surface area contributed by atoms with E-state index in [1.54, 1.807) is 38.1 Å². The first kappa shape index (κ1) is 22.1. The van der Waals surface area contributed by atoms with Gasteiger partial charge in [-0.05, 0) is 0 Å². The Hall–Kier alpha value is -1.90. The highest BCUT2D eigenvalue weighted by atomic mass is 32.2. The zero-order chi connectivity index (χ0) is 19.6. The van der Waals surface area contributed by atoms with Crippen LogP contribution in [0.15, 0.2) is 30.3 Å². The molecule has 0 heterocycles. The average molecular weight is 382 g/mol. The van der Waals surface area contributed by atoms with E-state index in [1.807, 2.05) is 6.07 Å². The molecular formula is C18H26N2O5S. The molecule has 7 nitrogen and oxygen atoms in total. The van der Waals surface area contributed by atoms with Crippen molar-refractivity contribution in [3.05, 3.63) is 35.9 Å². The molecule has 1 atom stereocenters. The number of rotatable bonds is 10. The fourth-order valence-electron chi connectivity index (χ4n) is 1.92. The SMILES string of the molecule is CC(C)(CO)[C@@H](O)C(=O)NCCC(=O)NCCSC(=O)c1ccccc1. The van der Waals surface area contributed by atoms with Crippen LogP contribution in [-0.4, -0.2) is 58.7 Å². The second-order valence-corrected chi connectivity index (χ2v) is 7.51. The highest BCUT2D eigenvalue weighted by molar-refractivity contribution is 8.14. The van der Waals surface area contributed by atoms with Crippen molar-refractivity contribution in [2.45, 2.75) is 26.4 Å². The summed E-state index contributed by atoms with van der Waals surface area (Å²) in [6.45, 7) is 3.23. The van der Waals surface area contributed by atoms with Gasteiger partial charge in [-0.3, -0.25) is 14.4 Å². The molecule has 8 heteroatoms.